The van der Waals surface area contributed by atoms with Crippen molar-refractivity contribution in [1.82, 2.24) is 15.2 Å². The first kappa shape index (κ1) is 22.5. The van der Waals surface area contributed by atoms with Gasteiger partial charge in [-0.05, 0) is 57.2 Å². The van der Waals surface area contributed by atoms with Crippen LogP contribution in [0.2, 0.25) is 0 Å². The standard InChI is InChI=1S/C27H37N5/c1-4-23-25(17-20(2)3)31-27(30-23)22-13-14-24(28-19-22)21-11-10-12-26(29-18-21)32-15-8-6-5-7-9-16-32/h4,13-14,17-19,23,25H,1,5-12,15-16H2,2-3H3,(H,30,31). The Morgan fingerprint density at radius 2 is 1.84 bits per heavy atom. The number of hydrogen-bond acceptors (Lipinski definition) is 5. The van der Waals surface area contributed by atoms with Gasteiger partial charge in [0.25, 0.3) is 0 Å². The lowest BCUT2D eigenvalue weighted by Crippen LogP contribution is -2.33. The van der Waals surface area contributed by atoms with Crippen molar-refractivity contribution in [2.24, 2.45) is 9.98 Å². The highest BCUT2D eigenvalue weighted by molar-refractivity contribution is 6.00. The molecule has 0 spiro atoms. The average Bonchev–Trinajstić information content (AvgIpc) is 3.00. The normalized spacial score (nSPS) is 24.2. The Hall–Kier alpha value is -2.69. The second-order valence-electron chi connectivity index (χ2n) is 9.36. The Balaban J connectivity index is 1.47. The van der Waals surface area contributed by atoms with E-state index in [9.17, 15) is 0 Å². The van der Waals surface area contributed by atoms with Crippen LogP contribution in [-0.4, -0.2) is 46.7 Å². The highest BCUT2D eigenvalue weighted by atomic mass is 15.2. The third-order valence-electron chi connectivity index (χ3n) is 6.51. The highest BCUT2D eigenvalue weighted by Crippen LogP contribution is 2.24. The van der Waals surface area contributed by atoms with Crippen LogP contribution in [0.1, 0.15) is 76.5 Å². The minimum absolute atomic E-state index is 0.0905. The quantitative estimate of drug-likeness (QED) is 0.640. The molecule has 2 unspecified atom stereocenters. The summed E-state index contributed by atoms with van der Waals surface area (Å²) in [7, 11) is 0. The minimum atomic E-state index is 0.0905. The third kappa shape index (κ3) is 5.56. The van der Waals surface area contributed by atoms with Gasteiger partial charge in [-0.25, -0.2) is 4.99 Å². The van der Waals surface area contributed by atoms with Gasteiger partial charge in [0.15, 0.2) is 0 Å². The molecular formula is C27H37N5. The van der Waals surface area contributed by atoms with E-state index in [0.29, 0.717) is 0 Å². The zero-order valence-corrected chi connectivity index (χ0v) is 19.7. The van der Waals surface area contributed by atoms with Gasteiger partial charge in [0.1, 0.15) is 11.7 Å². The van der Waals surface area contributed by atoms with Crippen LogP contribution < -0.4 is 5.32 Å². The first-order chi connectivity index (χ1) is 15.6. The summed E-state index contributed by atoms with van der Waals surface area (Å²) < 4.78 is 0. The predicted molar refractivity (Wildman–Crippen MR) is 135 cm³/mol. The van der Waals surface area contributed by atoms with Crippen molar-refractivity contribution < 1.29 is 0 Å². The van der Waals surface area contributed by atoms with E-state index in [4.69, 9.17) is 15.0 Å². The molecular weight excluding hydrogens is 394 g/mol. The average molecular weight is 432 g/mol. The highest BCUT2D eigenvalue weighted by Gasteiger charge is 2.25. The number of allylic oxidation sites excluding steroid dienone is 2. The fourth-order valence-electron chi connectivity index (χ4n) is 4.73. The summed E-state index contributed by atoms with van der Waals surface area (Å²) in [4.78, 5) is 17.1. The van der Waals surface area contributed by atoms with Gasteiger partial charge < -0.3 is 10.2 Å². The van der Waals surface area contributed by atoms with E-state index in [1.54, 1.807) is 0 Å². The largest absolute Gasteiger partial charge is 0.361 e. The van der Waals surface area contributed by atoms with Gasteiger partial charge in [0, 0.05) is 37.5 Å². The van der Waals surface area contributed by atoms with Crippen LogP contribution in [0.25, 0.3) is 5.57 Å². The number of nitrogens with zero attached hydrogens (tertiary/aromatic N) is 4. The zero-order chi connectivity index (χ0) is 22.3. The van der Waals surface area contributed by atoms with E-state index in [2.05, 4.69) is 55.1 Å². The van der Waals surface area contributed by atoms with Gasteiger partial charge >= 0.3 is 0 Å². The van der Waals surface area contributed by atoms with E-state index in [1.807, 2.05) is 12.3 Å². The van der Waals surface area contributed by atoms with E-state index < -0.39 is 0 Å². The van der Waals surface area contributed by atoms with Crippen LogP contribution >= 0.6 is 0 Å². The number of aliphatic imine (C=N–C) groups is 2. The van der Waals surface area contributed by atoms with Crippen molar-refractivity contribution in [3.63, 3.8) is 0 Å². The lowest BCUT2D eigenvalue weighted by atomic mass is 10.0. The number of pyridine rings is 1. The zero-order valence-electron chi connectivity index (χ0n) is 19.7. The van der Waals surface area contributed by atoms with Gasteiger partial charge in [0.2, 0.25) is 0 Å². The Morgan fingerprint density at radius 1 is 1.06 bits per heavy atom. The molecule has 1 aromatic rings. The van der Waals surface area contributed by atoms with Gasteiger partial charge in [-0.15, -0.1) is 6.58 Å². The van der Waals surface area contributed by atoms with Crippen LogP contribution in [0.15, 0.2) is 58.8 Å². The first-order valence-electron chi connectivity index (χ1n) is 12.2. The predicted octanol–water partition coefficient (Wildman–Crippen LogP) is 5.51. The number of nitrogens with one attached hydrogen (secondary N) is 1. The molecule has 1 saturated heterocycles. The first-order valence-corrected chi connectivity index (χ1v) is 12.2. The summed E-state index contributed by atoms with van der Waals surface area (Å²) in [5.74, 6) is 2.16. The molecule has 0 aromatic carbocycles. The van der Waals surface area contributed by atoms with Crippen LogP contribution in [0.5, 0.6) is 0 Å². The van der Waals surface area contributed by atoms with Crippen molar-refractivity contribution in [3.8, 4) is 0 Å². The lowest BCUT2D eigenvalue weighted by Gasteiger charge is -2.27. The maximum Gasteiger partial charge on any atom is 0.131 e. The fourth-order valence-corrected chi connectivity index (χ4v) is 4.73. The maximum atomic E-state index is 4.92. The Morgan fingerprint density at radius 3 is 2.53 bits per heavy atom. The molecule has 0 bridgehead atoms. The molecule has 1 fully saturated rings. The second kappa shape index (κ2) is 10.8. The molecule has 0 amide bonds. The van der Waals surface area contributed by atoms with E-state index in [1.165, 1.54) is 49.1 Å². The monoisotopic (exact) mass is 431 g/mol. The SMILES string of the molecule is C=CC1NC(c2ccc(C3=CN=C(N4CCCCCCC4)CCC3)nc2)=NC1C=C(C)C. The molecule has 1 aromatic heterocycles. The van der Waals surface area contributed by atoms with Crippen molar-refractivity contribution >= 4 is 17.2 Å². The summed E-state index contributed by atoms with van der Waals surface area (Å²) in [5, 5.41) is 3.48. The Kier molecular flexibility index (Phi) is 7.56. The van der Waals surface area contributed by atoms with Crippen LogP contribution in [0.4, 0.5) is 0 Å². The molecule has 3 aliphatic rings. The van der Waals surface area contributed by atoms with Crippen molar-refractivity contribution in [2.45, 2.75) is 77.3 Å². The number of aromatic nitrogens is 1. The number of rotatable bonds is 4. The molecule has 0 radical (unpaired) electrons. The van der Waals surface area contributed by atoms with E-state index in [0.717, 1.165) is 49.4 Å². The van der Waals surface area contributed by atoms with E-state index >= 15 is 0 Å². The van der Waals surface area contributed by atoms with Gasteiger partial charge in [0.05, 0.1) is 17.8 Å². The van der Waals surface area contributed by atoms with Crippen molar-refractivity contribution in [2.75, 3.05) is 13.1 Å². The Bertz CT molecular complexity index is 910. The summed E-state index contributed by atoms with van der Waals surface area (Å²) in [5.41, 5.74) is 4.53. The topological polar surface area (TPSA) is 52.9 Å². The molecule has 32 heavy (non-hydrogen) atoms. The summed E-state index contributed by atoms with van der Waals surface area (Å²) in [6, 6.07) is 4.44. The second-order valence-corrected chi connectivity index (χ2v) is 9.36. The molecule has 1 N–H and O–H groups in total. The van der Waals surface area contributed by atoms with Crippen LogP contribution in [0, 0.1) is 0 Å². The fraction of sp³-hybridized carbons (Fsp3) is 0.519. The Labute approximate surface area is 193 Å². The molecule has 0 saturated carbocycles. The molecule has 5 heteroatoms. The summed E-state index contributed by atoms with van der Waals surface area (Å²) >= 11 is 0. The molecule has 4 rings (SSSR count). The molecule has 5 nitrogen and oxygen atoms in total. The molecule has 2 atom stereocenters. The van der Waals surface area contributed by atoms with Gasteiger partial charge in [-0.1, -0.05) is 37.0 Å². The molecule has 0 aliphatic carbocycles. The molecule has 3 aliphatic heterocycles. The molecule has 170 valence electrons. The third-order valence-corrected chi connectivity index (χ3v) is 6.51. The van der Waals surface area contributed by atoms with Gasteiger partial charge in [-0.2, -0.15) is 0 Å². The maximum absolute atomic E-state index is 4.92. The van der Waals surface area contributed by atoms with Crippen molar-refractivity contribution in [1.29, 1.82) is 0 Å². The summed E-state index contributed by atoms with van der Waals surface area (Å²) in [6.45, 7) is 10.5. The number of amidine groups is 2. The van der Waals surface area contributed by atoms with E-state index in [-0.39, 0.29) is 12.1 Å². The van der Waals surface area contributed by atoms with Crippen LogP contribution in [0.3, 0.4) is 0 Å². The number of hydrogen-bond donors (Lipinski definition) is 1. The summed E-state index contributed by atoms with van der Waals surface area (Å²) in [6.07, 6.45) is 18.0. The smallest absolute Gasteiger partial charge is 0.131 e. The molecule has 4 heterocycles. The van der Waals surface area contributed by atoms with Crippen molar-refractivity contribution in [3.05, 3.63) is 60.1 Å². The van der Waals surface area contributed by atoms with Gasteiger partial charge in [-0.3, -0.25) is 9.98 Å². The minimum Gasteiger partial charge on any atom is -0.361 e. The number of likely N-dealkylation sites (tertiary alicyclic amines) is 1. The van der Waals surface area contributed by atoms with Crippen LogP contribution in [-0.2, 0) is 0 Å². The lowest BCUT2D eigenvalue weighted by molar-refractivity contribution is 0.356.